The molecule has 90 valence electrons. The molecule has 0 aliphatic carbocycles. The number of nitrogens with zero attached hydrogens (tertiary/aromatic N) is 3. The fourth-order valence-electron chi connectivity index (χ4n) is 1.26. The van der Waals surface area contributed by atoms with E-state index in [0.29, 0.717) is 18.3 Å². The maximum Gasteiger partial charge on any atom is 0.221 e. The molecule has 17 heavy (non-hydrogen) atoms. The summed E-state index contributed by atoms with van der Waals surface area (Å²) in [5.41, 5.74) is 5.50. The monoisotopic (exact) mass is 297 g/mol. The Labute approximate surface area is 107 Å². The molecule has 3 N–H and O–H groups in total. The molecule has 7 heteroatoms. The third kappa shape index (κ3) is 2.94. The smallest absolute Gasteiger partial charge is 0.221 e. The minimum Gasteiger partial charge on any atom is -0.444 e. The van der Waals surface area contributed by atoms with Gasteiger partial charge in [-0.05, 0) is 15.9 Å². The summed E-state index contributed by atoms with van der Waals surface area (Å²) in [4.78, 5) is 12.0. The Morgan fingerprint density at radius 3 is 2.94 bits per heavy atom. The van der Waals surface area contributed by atoms with Crippen molar-refractivity contribution in [2.45, 2.75) is 19.9 Å². The lowest BCUT2D eigenvalue weighted by Crippen LogP contribution is -2.05. The Kier molecular flexibility index (Phi) is 3.58. The van der Waals surface area contributed by atoms with Gasteiger partial charge < -0.3 is 15.5 Å². The van der Waals surface area contributed by atoms with Crippen molar-refractivity contribution < 1.29 is 4.42 Å². The fraction of sp³-hybridized carbons (Fsp3) is 0.300. The SMILES string of the molecule is CCc1cnc(CNc2nc(N)ncc2Br)o1. The van der Waals surface area contributed by atoms with Crippen LogP contribution < -0.4 is 11.1 Å². The Hall–Kier alpha value is -1.63. The highest BCUT2D eigenvalue weighted by Crippen LogP contribution is 2.19. The van der Waals surface area contributed by atoms with Crippen molar-refractivity contribution >= 4 is 27.7 Å². The molecular formula is C10H12BrN5O. The van der Waals surface area contributed by atoms with Crippen molar-refractivity contribution in [2.75, 3.05) is 11.1 Å². The van der Waals surface area contributed by atoms with Gasteiger partial charge in [0.2, 0.25) is 11.8 Å². The molecule has 0 amide bonds. The van der Waals surface area contributed by atoms with Gasteiger partial charge in [0.05, 0.1) is 17.2 Å². The maximum atomic E-state index is 5.50. The van der Waals surface area contributed by atoms with E-state index in [1.807, 2.05) is 6.92 Å². The highest BCUT2D eigenvalue weighted by atomic mass is 79.9. The number of anilines is 2. The third-order valence-electron chi connectivity index (χ3n) is 2.12. The van der Waals surface area contributed by atoms with Gasteiger partial charge in [0, 0.05) is 12.6 Å². The van der Waals surface area contributed by atoms with E-state index < -0.39 is 0 Å². The molecule has 2 aromatic heterocycles. The van der Waals surface area contributed by atoms with Crippen LogP contribution in [0.25, 0.3) is 0 Å². The molecule has 0 spiro atoms. The molecule has 0 atom stereocenters. The van der Waals surface area contributed by atoms with E-state index in [0.717, 1.165) is 16.7 Å². The van der Waals surface area contributed by atoms with Gasteiger partial charge in [-0.3, -0.25) is 0 Å². The molecule has 2 rings (SSSR count). The number of nitrogens with two attached hydrogens (primary N) is 1. The minimum atomic E-state index is 0.220. The maximum absolute atomic E-state index is 5.50. The van der Waals surface area contributed by atoms with Gasteiger partial charge in [0.15, 0.2) is 0 Å². The van der Waals surface area contributed by atoms with Crippen LogP contribution in [0.5, 0.6) is 0 Å². The zero-order valence-electron chi connectivity index (χ0n) is 9.27. The molecule has 2 heterocycles. The van der Waals surface area contributed by atoms with Crippen LogP contribution >= 0.6 is 15.9 Å². The standard InChI is InChI=1S/C10H12BrN5O/c1-2-6-3-13-8(17-6)5-14-9-7(11)4-15-10(12)16-9/h3-4H,2,5H2,1H3,(H3,12,14,15,16). The van der Waals surface area contributed by atoms with E-state index in [-0.39, 0.29) is 5.95 Å². The summed E-state index contributed by atoms with van der Waals surface area (Å²) in [7, 11) is 0. The average Bonchev–Trinajstić information content (AvgIpc) is 2.78. The van der Waals surface area contributed by atoms with Gasteiger partial charge in [0.1, 0.15) is 11.6 Å². The van der Waals surface area contributed by atoms with Crippen LogP contribution in [0.1, 0.15) is 18.6 Å². The highest BCUT2D eigenvalue weighted by Gasteiger charge is 2.06. The first-order valence-electron chi connectivity index (χ1n) is 5.14. The number of nitrogen functional groups attached to an aromatic ring is 1. The topological polar surface area (TPSA) is 89.9 Å². The molecule has 0 unspecified atom stereocenters. The predicted molar refractivity (Wildman–Crippen MR) is 67.4 cm³/mol. The molecule has 0 bridgehead atoms. The summed E-state index contributed by atoms with van der Waals surface area (Å²) in [6.07, 6.45) is 4.15. The van der Waals surface area contributed by atoms with Gasteiger partial charge in [-0.1, -0.05) is 6.92 Å². The molecule has 2 aromatic rings. The number of hydrogen-bond acceptors (Lipinski definition) is 6. The summed E-state index contributed by atoms with van der Waals surface area (Å²) in [5.74, 6) is 2.32. The quantitative estimate of drug-likeness (QED) is 0.897. The first kappa shape index (κ1) is 11.8. The second-order valence-corrected chi connectivity index (χ2v) is 4.21. The largest absolute Gasteiger partial charge is 0.444 e. The molecule has 0 aliphatic heterocycles. The van der Waals surface area contributed by atoms with Crippen LogP contribution in [0, 0.1) is 0 Å². The summed E-state index contributed by atoms with van der Waals surface area (Å²) in [6, 6.07) is 0. The fourth-order valence-corrected chi connectivity index (χ4v) is 1.59. The summed E-state index contributed by atoms with van der Waals surface area (Å²) >= 11 is 3.33. The number of aromatic nitrogens is 3. The Morgan fingerprint density at radius 1 is 1.41 bits per heavy atom. The lowest BCUT2D eigenvalue weighted by Gasteiger charge is -2.05. The summed E-state index contributed by atoms with van der Waals surface area (Å²) in [5, 5.41) is 3.07. The van der Waals surface area contributed by atoms with Crippen molar-refractivity contribution in [1.29, 1.82) is 0 Å². The number of halogens is 1. The molecule has 0 aromatic carbocycles. The molecule has 6 nitrogen and oxygen atoms in total. The van der Waals surface area contributed by atoms with E-state index in [9.17, 15) is 0 Å². The van der Waals surface area contributed by atoms with Crippen LogP contribution in [0.2, 0.25) is 0 Å². The molecular weight excluding hydrogens is 286 g/mol. The van der Waals surface area contributed by atoms with E-state index in [2.05, 4.69) is 36.2 Å². The lowest BCUT2D eigenvalue weighted by atomic mass is 10.4. The average molecular weight is 298 g/mol. The molecule has 0 fully saturated rings. The highest BCUT2D eigenvalue weighted by molar-refractivity contribution is 9.10. The van der Waals surface area contributed by atoms with Crippen molar-refractivity contribution in [3.63, 3.8) is 0 Å². The minimum absolute atomic E-state index is 0.220. The van der Waals surface area contributed by atoms with Gasteiger partial charge >= 0.3 is 0 Å². The number of hydrogen-bond donors (Lipinski definition) is 2. The van der Waals surface area contributed by atoms with E-state index in [1.54, 1.807) is 12.4 Å². The van der Waals surface area contributed by atoms with E-state index >= 15 is 0 Å². The molecule has 0 saturated heterocycles. The third-order valence-corrected chi connectivity index (χ3v) is 2.70. The second-order valence-electron chi connectivity index (χ2n) is 3.35. The Morgan fingerprint density at radius 2 is 2.24 bits per heavy atom. The Bertz CT molecular complexity index is 513. The predicted octanol–water partition coefficient (Wildman–Crippen LogP) is 1.98. The summed E-state index contributed by atoms with van der Waals surface area (Å²) in [6.45, 7) is 2.47. The van der Waals surface area contributed by atoms with Gasteiger partial charge in [-0.15, -0.1) is 0 Å². The summed E-state index contributed by atoms with van der Waals surface area (Å²) < 4.78 is 6.21. The second kappa shape index (κ2) is 5.13. The first-order chi connectivity index (χ1) is 8.19. The van der Waals surface area contributed by atoms with Gasteiger partial charge in [-0.2, -0.15) is 4.98 Å². The zero-order valence-corrected chi connectivity index (χ0v) is 10.9. The number of rotatable bonds is 4. The first-order valence-corrected chi connectivity index (χ1v) is 5.93. The normalized spacial score (nSPS) is 10.5. The van der Waals surface area contributed by atoms with Crippen molar-refractivity contribution in [3.8, 4) is 0 Å². The zero-order chi connectivity index (χ0) is 12.3. The molecule has 0 saturated carbocycles. The van der Waals surface area contributed by atoms with Crippen LogP contribution in [-0.2, 0) is 13.0 Å². The number of oxazole rings is 1. The van der Waals surface area contributed by atoms with Crippen LogP contribution in [0.15, 0.2) is 21.3 Å². The number of nitrogens with one attached hydrogen (secondary N) is 1. The van der Waals surface area contributed by atoms with Crippen LogP contribution in [0.4, 0.5) is 11.8 Å². The van der Waals surface area contributed by atoms with Gasteiger partial charge in [-0.25, -0.2) is 9.97 Å². The van der Waals surface area contributed by atoms with Crippen molar-refractivity contribution in [1.82, 2.24) is 15.0 Å². The van der Waals surface area contributed by atoms with E-state index in [4.69, 9.17) is 10.2 Å². The van der Waals surface area contributed by atoms with Gasteiger partial charge in [0.25, 0.3) is 0 Å². The number of aryl methyl sites for hydroxylation is 1. The molecule has 0 radical (unpaired) electrons. The van der Waals surface area contributed by atoms with E-state index in [1.165, 1.54) is 0 Å². The molecule has 0 aliphatic rings. The Balaban J connectivity index is 2.04. The van der Waals surface area contributed by atoms with Crippen molar-refractivity contribution in [3.05, 3.63) is 28.5 Å². The van der Waals surface area contributed by atoms with Crippen molar-refractivity contribution in [2.24, 2.45) is 0 Å². The van der Waals surface area contributed by atoms with Crippen LogP contribution in [0.3, 0.4) is 0 Å². The lowest BCUT2D eigenvalue weighted by molar-refractivity contribution is 0.465. The van der Waals surface area contributed by atoms with Crippen LogP contribution in [-0.4, -0.2) is 15.0 Å².